The highest BCUT2D eigenvalue weighted by molar-refractivity contribution is 9.10. The van der Waals surface area contributed by atoms with E-state index in [0.29, 0.717) is 0 Å². The van der Waals surface area contributed by atoms with Crippen LogP contribution in [0.2, 0.25) is 0 Å². The molecule has 108 valence electrons. The quantitative estimate of drug-likeness (QED) is 0.796. The summed E-state index contributed by atoms with van der Waals surface area (Å²) in [5.41, 5.74) is 2.82. The van der Waals surface area contributed by atoms with Gasteiger partial charge in [-0.1, -0.05) is 22.0 Å². The second kappa shape index (κ2) is 6.59. The zero-order valence-electron chi connectivity index (χ0n) is 11.8. The molecule has 0 heterocycles. The van der Waals surface area contributed by atoms with Gasteiger partial charge in [-0.05, 0) is 66.9 Å². The first-order valence-electron chi connectivity index (χ1n) is 6.41. The molecule has 0 atom stereocenters. The van der Waals surface area contributed by atoms with Gasteiger partial charge in [0.15, 0.2) is 0 Å². The van der Waals surface area contributed by atoms with Gasteiger partial charge < -0.3 is 9.84 Å². The van der Waals surface area contributed by atoms with E-state index in [2.05, 4.69) is 15.9 Å². The van der Waals surface area contributed by atoms with Gasteiger partial charge in [0.1, 0.15) is 11.5 Å². The van der Waals surface area contributed by atoms with Crippen LogP contribution in [0.1, 0.15) is 16.7 Å². The predicted molar refractivity (Wildman–Crippen MR) is 86.8 cm³/mol. The molecule has 4 heteroatoms. The van der Waals surface area contributed by atoms with Gasteiger partial charge in [0, 0.05) is 10.5 Å². The van der Waals surface area contributed by atoms with E-state index in [9.17, 15) is 4.79 Å². The summed E-state index contributed by atoms with van der Waals surface area (Å²) in [6, 6.07) is 11.4. The van der Waals surface area contributed by atoms with Gasteiger partial charge in [-0.3, -0.25) is 0 Å². The zero-order valence-corrected chi connectivity index (χ0v) is 13.3. The molecule has 0 aliphatic rings. The van der Waals surface area contributed by atoms with E-state index >= 15 is 0 Å². The van der Waals surface area contributed by atoms with Gasteiger partial charge in [0.25, 0.3) is 0 Å². The standard InChI is InChI=1S/C17H15BrO3/c1-11-9-13(4-8-17(19)20)3-6-15(11)21-16-7-5-14(18)10-12(16)2/h3-10H,1-2H3,(H,19,20). The number of hydrogen-bond acceptors (Lipinski definition) is 2. The zero-order chi connectivity index (χ0) is 15.4. The van der Waals surface area contributed by atoms with Crippen molar-refractivity contribution in [2.24, 2.45) is 0 Å². The van der Waals surface area contributed by atoms with Crippen LogP contribution < -0.4 is 4.74 Å². The van der Waals surface area contributed by atoms with Crippen LogP contribution in [0.15, 0.2) is 46.9 Å². The number of aliphatic carboxylic acids is 1. The van der Waals surface area contributed by atoms with E-state index in [4.69, 9.17) is 9.84 Å². The number of halogens is 1. The van der Waals surface area contributed by atoms with Gasteiger partial charge in [0.2, 0.25) is 0 Å². The summed E-state index contributed by atoms with van der Waals surface area (Å²) < 4.78 is 6.93. The molecule has 21 heavy (non-hydrogen) atoms. The van der Waals surface area contributed by atoms with Crippen LogP contribution in [0.25, 0.3) is 6.08 Å². The SMILES string of the molecule is Cc1cc(Br)ccc1Oc1ccc(C=CC(=O)O)cc1C. The molecule has 2 aromatic rings. The fourth-order valence-corrected chi connectivity index (χ4v) is 2.38. The molecule has 2 rings (SSSR count). The molecule has 0 unspecified atom stereocenters. The highest BCUT2D eigenvalue weighted by Gasteiger charge is 2.05. The van der Waals surface area contributed by atoms with E-state index in [1.165, 1.54) is 0 Å². The second-order valence-corrected chi connectivity index (χ2v) is 5.62. The van der Waals surface area contributed by atoms with Crippen molar-refractivity contribution < 1.29 is 14.6 Å². The van der Waals surface area contributed by atoms with Crippen LogP contribution in [-0.2, 0) is 4.79 Å². The number of aryl methyl sites for hydroxylation is 2. The van der Waals surface area contributed by atoms with Crippen LogP contribution in [0.3, 0.4) is 0 Å². The van der Waals surface area contributed by atoms with Crippen molar-refractivity contribution in [2.45, 2.75) is 13.8 Å². The second-order valence-electron chi connectivity index (χ2n) is 4.71. The molecule has 0 bridgehead atoms. The van der Waals surface area contributed by atoms with Crippen molar-refractivity contribution in [1.29, 1.82) is 0 Å². The lowest BCUT2D eigenvalue weighted by Gasteiger charge is -2.11. The van der Waals surface area contributed by atoms with Crippen LogP contribution in [0.4, 0.5) is 0 Å². The summed E-state index contributed by atoms with van der Waals surface area (Å²) in [5, 5.41) is 8.63. The average Bonchev–Trinajstić information content (AvgIpc) is 2.42. The molecule has 1 N–H and O–H groups in total. The molecule has 2 aromatic carbocycles. The molecule has 3 nitrogen and oxygen atoms in total. The van der Waals surface area contributed by atoms with Crippen molar-refractivity contribution >= 4 is 28.0 Å². The van der Waals surface area contributed by atoms with E-state index in [1.54, 1.807) is 6.08 Å². The first-order valence-corrected chi connectivity index (χ1v) is 7.20. The lowest BCUT2D eigenvalue weighted by molar-refractivity contribution is -0.131. The van der Waals surface area contributed by atoms with Gasteiger partial charge >= 0.3 is 5.97 Å². The Kier molecular flexibility index (Phi) is 4.81. The topological polar surface area (TPSA) is 46.5 Å². The molecule has 0 amide bonds. The first-order chi connectivity index (χ1) is 9.95. The summed E-state index contributed by atoms with van der Waals surface area (Å²) in [5.74, 6) is 0.599. The third kappa shape index (κ3) is 4.20. The predicted octanol–water partition coefficient (Wildman–Crippen LogP) is 4.96. The summed E-state index contributed by atoms with van der Waals surface area (Å²) in [4.78, 5) is 10.5. The van der Waals surface area contributed by atoms with E-state index in [1.807, 2.05) is 50.2 Å². The van der Waals surface area contributed by atoms with Crippen LogP contribution >= 0.6 is 15.9 Å². The summed E-state index contributed by atoms with van der Waals surface area (Å²) >= 11 is 3.42. The first kappa shape index (κ1) is 15.3. The van der Waals surface area contributed by atoms with Crippen molar-refractivity contribution in [1.82, 2.24) is 0 Å². The van der Waals surface area contributed by atoms with Crippen LogP contribution in [-0.4, -0.2) is 11.1 Å². The smallest absolute Gasteiger partial charge is 0.328 e. The summed E-state index contributed by atoms with van der Waals surface area (Å²) in [6.45, 7) is 3.92. The fourth-order valence-electron chi connectivity index (χ4n) is 1.90. The van der Waals surface area contributed by atoms with Gasteiger partial charge in [0.05, 0.1) is 0 Å². The third-order valence-corrected chi connectivity index (χ3v) is 3.47. The molecule has 0 aliphatic heterocycles. The molecule has 0 radical (unpaired) electrons. The van der Waals surface area contributed by atoms with Crippen molar-refractivity contribution in [3.63, 3.8) is 0 Å². The van der Waals surface area contributed by atoms with E-state index < -0.39 is 5.97 Å². The molecule has 0 fully saturated rings. The number of carbonyl (C=O) groups is 1. The Morgan fingerprint density at radius 1 is 1.10 bits per heavy atom. The maximum Gasteiger partial charge on any atom is 0.328 e. The van der Waals surface area contributed by atoms with Gasteiger partial charge in [-0.15, -0.1) is 0 Å². The minimum atomic E-state index is -0.960. The maximum absolute atomic E-state index is 10.5. The molecular formula is C17H15BrO3. The van der Waals surface area contributed by atoms with Gasteiger partial charge in [-0.2, -0.15) is 0 Å². The molecule has 0 saturated heterocycles. The van der Waals surface area contributed by atoms with Crippen LogP contribution in [0, 0.1) is 13.8 Å². The van der Waals surface area contributed by atoms with Crippen molar-refractivity contribution in [3.8, 4) is 11.5 Å². The highest BCUT2D eigenvalue weighted by atomic mass is 79.9. The Bertz CT molecular complexity index is 705. The fraction of sp³-hybridized carbons (Fsp3) is 0.118. The Balaban J connectivity index is 2.23. The molecule has 0 saturated carbocycles. The Labute approximate surface area is 132 Å². The number of benzene rings is 2. The number of rotatable bonds is 4. The number of carboxylic acid groups (broad SMARTS) is 1. The van der Waals surface area contributed by atoms with Crippen molar-refractivity contribution in [3.05, 3.63) is 63.6 Å². The molecule has 0 aromatic heterocycles. The van der Waals surface area contributed by atoms with E-state index in [0.717, 1.165) is 38.7 Å². The molecular weight excluding hydrogens is 332 g/mol. The van der Waals surface area contributed by atoms with Gasteiger partial charge in [-0.25, -0.2) is 4.79 Å². The van der Waals surface area contributed by atoms with Crippen LogP contribution in [0.5, 0.6) is 11.5 Å². The largest absolute Gasteiger partial charge is 0.478 e. The number of ether oxygens (including phenoxy) is 1. The summed E-state index contributed by atoms with van der Waals surface area (Å²) in [7, 11) is 0. The lowest BCUT2D eigenvalue weighted by Crippen LogP contribution is -1.91. The monoisotopic (exact) mass is 346 g/mol. The Morgan fingerprint density at radius 3 is 2.29 bits per heavy atom. The number of carboxylic acids is 1. The van der Waals surface area contributed by atoms with Crippen molar-refractivity contribution in [2.75, 3.05) is 0 Å². The highest BCUT2D eigenvalue weighted by Crippen LogP contribution is 2.30. The normalized spacial score (nSPS) is 10.8. The Morgan fingerprint density at radius 2 is 1.71 bits per heavy atom. The molecule has 0 aliphatic carbocycles. The maximum atomic E-state index is 10.5. The molecule has 0 spiro atoms. The minimum Gasteiger partial charge on any atom is -0.478 e. The number of hydrogen-bond donors (Lipinski definition) is 1. The summed E-state index contributed by atoms with van der Waals surface area (Å²) in [6.07, 6.45) is 2.68. The third-order valence-electron chi connectivity index (χ3n) is 2.97. The lowest BCUT2D eigenvalue weighted by atomic mass is 10.1. The Hall–Kier alpha value is -2.07. The minimum absolute atomic E-state index is 0.757. The van der Waals surface area contributed by atoms with E-state index in [-0.39, 0.29) is 0 Å². The average molecular weight is 347 g/mol.